The minimum absolute atomic E-state index is 0.272. The molecule has 2 aromatic carbocycles. The van der Waals surface area contributed by atoms with E-state index in [1.54, 1.807) is 31.0 Å². The van der Waals surface area contributed by atoms with Crippen LogP contribution in [0.15, 0.2) is 42.7 Å². The highest BCUT2D eigenvalue weighted by atomic mass is 16.5. The third-order valence-electron chi connectivity index (χ3n) is 9.13. The second-order valence-electron chi connectivity index (χ2n) is 13.5. The summed E-state index contributed by atoms with van der Waals surface area (Å²) in [6.07, 6.45) is 6.40. The van der Waals surface area contributed by atoms with Crippen molar-refractivity contribution in [2.24, 2.45) is 5.41 Å². The van der Waals surface area contributed by atoms with E-state index in [0.717, 1.165) is 18.8 Å². The van der Waals surface area contributed by atoms with E-state index in [1.807, 2.05) is 32.9 Å². The number of amides is 3. The SMILES string of the molecule is CN[C@@H](C)C(=O)N[C@H](C(=O)N1CCC[C@H]1C(=O)Nc1cc2c(Nc3ccc(N4CCCCC4)cc3)ncnc2cc1OC)C(C)(C)C. The molecule has 12 heteroatoms. The third-order valence-corrected chi connectivity index (χ3v) is 9.13. The van der Waals surface area contributed by atoms with Crippen LogP contribution in [-0.4, -0.2) is 84.5 Å². The van der Waals surface area contributed by atoms with Crippen LogP contribution in [0.4, 0.5) is 22.9 Å². The first kappa shape index (κ1) is 33.9. The predicted octanol–water partition coefficient (Wildman–Crippen LogP) is 4.44. The minimum Gasteiger partial charge on any atom is -0.494 e. The Morgan fingerprint density at radius 1 is 0.979 bits per heavy atom. The van der Waals surface area contributed by atoms with E-state index in [-0.39, 0.29) is 17.7 Å². The van der Waals surface area contributed by atoms with Gasteiger partial charge in [0.05, 0.1) is 24.4 Å². The molecule has 2 aliphatic rings. The van der Waals surface area contributed by atoms with Gasteiger partial charge in [0.15, 0.2) is 0 Å². The number of aromatic nitrogens is 2. The average Bonchev–Trinajstić information content (AvgIpc) is 3.57. The fourth-order valence-corrected chi connectivity index (χ4v) is 6.23. The number of nitrogens with one attached hydrogen (secondary N) is 4. The number of rotatable bonds is 10. The van der Waals surface area contributed by atoms with E-state index >= 15 is 0 Å². The van der Waals surface area contributed by atoms with Gasteiger partial charge in [-0.1, -0.05) is 20.8 Å². The maximum Gasteiger partial charge on any atom is 0.247 e. The van der Waals surface area contributed by atoms with Gasteiger partial charge in [0.25, 0.3) is 0 Å². The van der Waals surface area contributed by atoms with Crippen LogP contribution < -0.4 is 30.9 Å². The molecule has 3 atom stereocenters. The molecule has 0 spiro atoms. The fraction of sp³-hybridized carbons (Fsp3) is 0.514. The Labute approximate surface area is 277 Å². The van der Waals surface area contributed by atoms with Crippen molar-refractivity contribution in [1.82, 2.24) is 25.5 Å². The number of likely N-dealkylation sites (tertiary alicyclic amines) is 1. The van der Waals surface area contributed by atoms with Crippen molar-refractivity contribution in [1.29, 1.82) is 0 Å². The van der Waals surface area contributed by atoms with Crippen LogP contribution in [-0.2, 0) is 14.4 Å². The molecule has 3 heterocycles. The van der Waals surface area contributed by atoms with Gasteiger partial charge in [-0.25, -0.2) is 9.97 Å². The van der Waals surface area contributed by atoms with Crippen LogP contribution in [0.2, 0.25) is 0 Å². The molecule has 0 saturated carbocycles. The van der Waals surface area contributed by atoms with Crippen molar-refractivity contribution in [3.05, 3.63) is 42.7 Å². The molecule has 1 aromatic heterocycles. The lowest BCUT2D eigenvalue weighted by Gasteiger charge is -2.36. The number of anilines is 4. The predicted molar refractivity (Wildman–Crippen MR) is 185 cm³/mol. The molecule has 2 aliphatic heterocycles. The number of methoxy groups -OCH3 is 1. The molecule has 3 aromatic rings. The number of nitrogens with zero attached hydrogens (tertiary/aromatic N) is 4. The number of hydrogen-bond acceptors (Lipinski definition) is 9. The molecule has 4 N–H and O–H groups in total. The summed E-state index contributed by atoms with van der Waals surface area (Å²) in [4.78, 5) is 53.4. The lowest BCUT2D eigenvalue weighted by Crippen LogP contribution is -2.59. The maximum absolute atomic E-state index is 13.9. The molecule has 47 heavy (non-hydrogen) atoms. The van der Waals surface area contributed by atoms with Gasteiger partial charge in [-0.15, -0.1) is 0 Å². The van der Waals surface area contributed by atoms with Gasteiger partial charge in [-0.2, -0.15) is 0 Å². The number of likely N-dealkylation sites (N-methyl/N-ethyl adjacent to an activating group) is 1. The van der Waals surface area contributed by atoms with Crippen molar-refractivity contribution in [3.8, 4) is 5.75 Å². The third kappa shape index (κ3) is 7.75. The molecule has 5 rings (SSSR count). The number of carbonyl (C=O) groups is 3. The summed E-state index contributed by atoms with van der Waals surface area (Å²) >= 11 is 0. The summed E-state index contributed by atoms with van der Waals surface area (Å²) in [5.74, 6) is 0.167. The summed E-state index contributed by atoms with van der Waals surface area (Å²) < 4.78 is 5.65. The van der Waals surface area contributed by atoms with Gasteiger partial charge in [-0.3, -0.25) is 14.4 Å². The van der Waals surface area contributed by atoms with E-state index in [9.17, 15) is 14.4 Å². The van der Waals surface area contributed by atoms with Crippen molar-refractivity contribution in [3.63, 3.8) is 0 Å². The van der Waals surface area contributed by atoms with E-state index in [4.69, 9.17) is 4.74 Å². The molecule has 2 fully saturated rings. The first-order valence-corrected chi connectivity index (χ1v) is 16.5. The Hall–Kier alpha value is -4.45. The summed E-state index contributed by atoms with van der Waals surface area (Å²) in [5.41, 5.74) is 2.63. The average molecular weight is 645 g/mol. The second kappa shape index (κ2) is 14.5. The van der Waals surface area contributed by atoms with Crippen molar-refractivity contribution in [2.45, 2.75) is 77.9 Å². The van der Waals surface area contributed by atoms with Gasteiger partial charge < -0.3 is 35.8 Å². The Morgan fingerprint density at radius 2 is 1.70 bits per heavy atom. The molecule has 3 amide bonds. The van der Waals surface area contributed by atoms with Crippen LogP contribution in [0.3, 0.4) is 0 Å². The number of benzene rings is 2. The van der Waals surface area contributed by atoms with Crippen LogP contribution in [0, 0.1) is 5.41 Å². The molecule has 0 bridgehead atoms. The summed E-state index contributed by atoms with van der Waals surface area (Å²) in [5, 5.41) is 13.0. The van der Waals surface area contributed by atoms with Crippen LogP contribution in [0.1, 0.15) is 59.8 Å². The number of fused-ring (bicyclic) bond motifs is 1. The lowest BCUT2D eigenvalue weighted by molar-refractivity contribution is -0.143. The zero-order valence-corrected chi connectivity index (χ0v) is 28.4. The molecule has 2 saturated heterocycles. The number of hydrogen-bond donors (Lipinski definition) is 4. The van der Waals surface area contributed by atoms with Crippen LogP contribution in [0.5, 0.6) is 5.75 Å². The van der Waals surface area contributed by atoms with Crippen molar-refractivity contribution >= 4 is 51.5 Å². The maximum atomic E-state index is 13.9. The largest absolute Gasteiger partial charge is 0.494 e. The Kier molecular flexibility index (Phi) is 10.5. The zero-order valence-electron chi connectivity index (χ0n) is 28.4. The Balaban J connectivity index is 1.36. The Morgan fingerprint density at radius 3 is 2.36 bits per heavy atom. The lowest BCUT2D eigenvalue weighted by atomic mass is 9.85. The van der Waals surface area contributed by atoms with Crippen molar-refractivity contribution < 1.29 is 19.1 Å². The highest BCUT2D eigenvalue weighted by Crippen LogP contribution is 2.34. The van der Waals surface area contributed by atoms with Gasteiger partial charge in [-0.05, 0) is 81.8 Å². The highest BCUT2D eigenvalue weighted by molar-refractivity contribution is 6.03. The quantitative estimate of drug-likeness (QED) is 0.252. The van der Waals surface area contributed by atoms with Crippen LogP contribution in [0.25, 0.3) is 10.9 Å². The first-order valence-electron chi connectivity index (χ1n) is 16.5. The smallest absolute Gasteiger partial charge is 0.247 e. The molecular formula is C35H48N8O4. The highest BCUT2D eigenvalue weighted by Gasteiger charge is 2.42. The molecular weight excluding hydrogens is 596 g/mol. The fourth-order valence-electron chi connectivity index (χ4n) is 6.23. The minimum atomic E-state index is -0.797. The standard InChI is InChI=1S/C35H48N8O4/c1-22(36-5)32(44)41-30(35(2,3)4)34(46)43-18-10-11-28(43)33(45)40-27-19-25-26(20-29(27)47-6)37-21-38-31(25)39-23-12-14-24(15-13-23)42-16-8-7-9-17-42/h12-15,19-22,28,30,36H,7-11,16-18H2,1-6H3,(H,40,45)(H,41,44)(H,37,38,39)/t22-,28-,30+/m0/s1. The number of ether oxygens (including phenoxy) is 1. The number of piperidine rings is 1. The summed E-state index contributed by atoms with van der Waals surface area (Å²) in [7, 11) is 3.23. The summed E-state index contributed by atoms with van der Waals surface area (Å²) in [6.45, 7) is 10.0. The van der Waals surface area contributed by atoms with E-state index in [1.165, 1.54) is 38.4 Å². The van der Waals surface area contributed by atoms with E-state index in [0.29, 0.717) is 47.5 Å². The number of carbonyl (C=O) groups excluding carboxylic acids is 3. The van der Waals surface area contributed by atoms with E-state index < -0.39 is 23.5 Å². The first-order chi connectivity index (χ1) is 22.5. The zero-order chi connectivity index (χ0) is 33.7. The Bertz CT molecular complexity index is 1580. The molecule has 252 valence electrons. The topological polar surface area (TPSA) is 141 Å². The normalized spacial score (nSPS) is 18.0. The summed E-state index contributed by atoms with van der Waals surface area (Å²) in [6, 6.07) is 9.94. The van der Waals surface area contributed by atoms with Gasteiger partial charge in [0.1, 0.15) is 30.0 Å². The van der Waals surface area contributed by atoms with Crippen molar-refractivity contribution in [2.75, 3.05) is 49.3 Å². The van der Waals surface area contributed by atoms with Crippen LogP contribution >= 0.6 is 0 Å². The molecule has 12 nitrogen and oxygen atoms in total. The molecule has 0 radical (unpaired) electrons. The van der Waals surface area contributed by atoms with E-state index in [2.05, 4.69) is 48.3 Å². The molecule has 0 aliphatic carbocycles. The second-order valence-corrected chi connectivity index (χ2v) is 13.5. The van der Waals surface area contributed by atoms with Gasteiger partial charge >= 0.3 is 0 Å². The van der Waals surface area contributed by atoms with Gasteiger partial charge in [0.2, 0.25) is 17.7 Å². The van der Waals surface area contributed by atoms with Gasteiger partial charge in [0, 0.05) is 42.5 Å². The monoisotopic (exact) mass is 644 g/mol. The molecule has 0 unspecified atom stereocenters.